The first-order valence-electron chi connectivity index (χ1n) is 9.27. The van der Waals surface area contributed by atoms with Gasteiger partial charge in [-0.05, 0) is 48.9 Å². The van der Waals surface area contributed by atoms with Crippen LogP contribution in [-0.2, 0) is 16.0 Å². The smallest absolute Gasteiger partial charge is 0.230 e. The lowest BCUT2D eigenvalue weighted by molar-refractivity contribution is -0.133. The molecule has 2 aliphatic heterocycles. The Kier molecular flexibility index (Phi) is 5.30. The van der Waals surface area contributed by atoms with E-state index in [4.69, 9.17) is 4.74 Å². The van der Waals surface area contributed by atoms with Crippen LogP contribution in [-0.4, -0.2) is 43.5 Å². The molecule has 0 bridgehead atoms. The second kappa shape index (κ2) is 7.46. The molecule has 0 N–H and O–H groups in total. The molecule has 1 aromatic carbocycles. The van der Waals surface area contributed by atoms with E-state index in [1.165, 1.54) is 5.56 Å². The molecule has 2 amide bonds. The summed E-state index contributed by atoms with van der Waals surface area (Å²) in [5.41, 5.74) is 2.23. The van der Waals surface area contributed by atoms with E-state index in [1.807, 2.05) is 21.9 Å². The number of ether oxygens (including phenoxy) is 1. The molecular weight excluding hydrogens is 316 g/mol. The van der Waals surface area contributed by atoms with Gasteiger partial charge in [-0.15, -0.1) is 0 Å². The number of carbonyl (C=O) groups excluding carboxylic acids is 2. The third kappa shape index (κ3) is 3.65. The van der Waals surface area contributed by atoms with Gasteiger partial charge in [-0.25, -0.2) is 0 Å². The summed E-state index contributed by atoms with van der Waals surface area (Å²) >= 11 is 0. The molecule has 1 unspecified atom stereocenters. The molecule has 3 rings (SSSR count). The summed E-state index contributed by atoms with van der Waals surface area (Å²) in [6.07, 6.45) is 3.58. The third-order valence-corrected chi connectivity index (χ3v) is 5.66. The van der Waals surface area contributed by atoms with Crippen molar-refractivity contribution in [1.29, 1.82) is 0 Å². The minimum absolute atomic E-state index is 0.0150. The lowest BCUT2D eigenvalue weighted by Crippen LogP contribution is -2.47. The molecule has 1 aromatic rings. The molecule has 25 heavy (non-hydrogen) atoms. The molecule has 5 nitrogen and oxygen atoms in total. The summed E-state index contributed by atoms with van der Waals surface area (Å²) in [6, 6.07) is 6.02. The number of rotatable bonds is 3. The minimum atomic E-state index is 0.0150. The van der Waals surface area contributed by atoms with Crippen molar-refractivity contribution in [3.05, 3.63) is 23.8 Å². The standard InChI is InChI=1S/C20H28N2O3/c1-4-15-11-17-12-18(25-3)5-6-19(17)22(13-15)20(24)16-7-9-21(10-8-16)14(2)23/h5-6,12,15-16H,4,7-11,13H2,1-3H3. The zero-order valence-corrected chi connectivity index (χ0v) is 15.5. The van der Waals surface area contributed by atoms with Crippen molar-refractivity contribution < 1.29 is 14.3 Å². The predicted octanol–water partition coefficient (Wildman–Crippen LogP) is 2.87. The molecule has 0 aromatic heterocycles. The van der Waals surface area contributed by atoms with Gasteiger partial charge in [0.15, 0.2) is 0 Å². The van der Waals surface area contributed by atoms with E-state index >= 15 is 0 Å². The maximum absolute atomic E-state index is 13.2. The van der Waals surface area contributed by atoms with E-state index in [-0.39, 0.29) is 17.7 Å². The van der Waals surface area contributed by atoms with Gasteiger partial charge in [0, 0.05) is 38.2 Å². The van der Waals surface area contributed by atoms with Crippen LogP contribution < -0.4 is 9.64 Å². The van der Waals surface area contributed by atoms with Gasteiger partial charge in [-0.3, -0.25) is 9.59 Å². The highest BCUT2D eigenvalue weighted by Gasteiger charge is 2.34. The van der Waals surface area contributed by atoms with Gasteiger partial charge in [0.05, 0.1) is 7.11 Å². The fraction of sp³-hybridized carbons (Fsp3) is 0.600. The molecular formula is C20H28N2O3. The molecule has 0 saturated carbocycles. The lowest BCUT2D eigenvalue weighted by atomic mass is 9.88. The molecule has 0 aliphatic carbocycles. The summed E-state index contributed by atoms with van der Waals surface area (Å²) in [7, 11) is 1.67. The Bertz CT molecular complexity index is 650. The minimum Gasteiger partial charge on any atom is -0.497 e. The maximum Gasteiger partial charge on any atom is 0.230 e. The summed E-state index contributed by atoms with van der Waals surface area (Å²) < 4.78 is 5.35. The summed E-state index contributed by atoms with van der Waals surface area (Å²) in [5, 5.41) is 0. The molecule has 136 valence electrons. The van der Waals surface area contributed by atoms with Gasteiger partial charge in [-0.2, -0.15) is 0 Å². The average Bonchev–Trinajstić information content (AvgIpc) is 2.65. The number of methoxy groups -OCH3 is 1. The molecule has 1 atom stereocenters. The third-order valence-electron chi connectivity index (χ3n) is 5.66. The summed E-state index contributed by atoms with van der Waals surface area (Å²) in [6.45, 7) is 5.95. The first-order valence-corrected chi connectivity index (χ1v) is 9.27. The van der Waals surface area contributed by atoms with Gasteiger partial charge in [0.25, 0.3) is 0 Å². The number of carbonyl (C=O) groups is 2. The van der Waals surface area contributed by atoms with Crippen LogP contribution in [0.3, 0.4) is 0 Å². The summed E-state index contributed by atoms with van der Waals surface area (Å²) in [4.78, 5) is 28.5. The van der Waals surface area contributed by atoms with Gasteiger partial charge in [-0.1, -0.05) is 13.3 Å². The van der Waals surface area contributed by atoms with Gasteiger partial charge in [0.1, 0.15) is 5.75 Å². The first kappa shape index (κ1) is 17.8. The normalized spacial score (nSPS) is 21.0. The number of anilines is 1. The van der Waals surface area contributed by atoms with Crippen molar-refractivity contribution in [2.75, 3.05) is 31.6 Å². The van der Waals surface area contributed by atoms with Crippen LogP contribution in [0.5, 0.6) is 5.75 Å². The van der Waals surface area contributed by atoms with E-state index in [0.717, 1.165) is 43.7 Å². The lowest BCUT2D eigenvalue weighted by Gasteiger charge is -2.38. The fourth-order valence-electron chi connectivity index (χ4n) is 3.99. The Morgan fingerprint density at radius 3 is 2.56 bits per heavy atom. The topological polar surface area (TPSA) is 49.9 Å². The van der Waals surface area contributed by atoms with Crippen molar-refractivity contribution in [2.24, 2.45) is 11.8 Å². The molecule has 1 fully saturated rings. The number of hydrogen-bond donors (Lipinski definition) is 0. The van der Waals surface area contributed by atoms with Crippen molar-refractivity contribution in [2.45, 2.75) is 39.5 Å². The Morgan fingerprint density at radius 2 is 1.96 bits per heavy atom. The molecule has 2 heterocycles. The van der Waals surface area contributed by atoms with Crippen LogP contribution in [0.15, 0.2) is 18.2 Å². The zero-order chi connectivity index (χ0) is 18.0. The van der Waals surface area contributed by atoms with Crippen molar-refractivity contribution >= 4 is 17.5 Å². The SMILES string of the molecule is CCC1Cc2cc(OC)ccc2N(C(=O)C2CCN(C(C)=O)CC2)C1. The Hall–Kier alpha value is -2.04. The number of nitrogens with zero attached hydrogens (tertiary/aromatic N) is 2. The van der Waals surface area contributed by atoms with Crippen molar-refractivity contribution in [1.82, 2.24) is 4.90 Å². The van der Waals surface area contributed by atoms with Crippen molar-refractivity contribution in [3.8, 4) is 5.75 Å². The van der Waals surface area contributed by atoms with E-state index < -0.39 is 0 Å². The van der Waals surface area contributed by atoms with Gasteiger partial charge in [0.2, 0.25) is 11.8 Å². The molecule has 1 saturated heterocycles. The second-order valence-electron chi connectivity index (χ2n) is 7.20. The number of fused-ring (bicyclic) bond motifs is 1. The summed E-state index contributed by atoms with van der Waals surface area (Å²) in [5.74, 6) is 1.67. The van der Waals surface area contributed by atoms with E-state index in [2.05, 4.69) is 13.0 Å². The highest BCUT2D eigenvalue weighted by molar-refractivity contribution is 5.96. The van der Waals surface area contributed by atoms with Crippen LogP contribution in [0.4, 0.5) is 5.69 Å². The van der Waals surface area contributed by atoms with Crippen LogP contribution in [0.1, 0.15) is 38.7 Å². The Balaban J connectivity index is 1.79. The maximum atomic E-state index is 13.2. The largest absolute Gasteiger partial charge is 0.497 e. The molecule has 0 spiro atoms. The Morgan fingerprint density at radius 1 is 1.24 bits per heavy atom. The van der Waals surface area contributed by atoms with Crippen LogP contribution in [0, 0.1) is 11.8 Å². The number of hydrogen-bond acceptors (Lipinski definition) is 3. The highest BCUT2D eigenvalue weighted by atomic mass is 16.5. The predicted molar refractivity (Wildman–Crippen MR) is 97.8 cm³/mol. The second-order valence-corrected chi connectivity index (χ2v) is 7.20. The van der Waals surface area contributed by atoms with Crippen molar-refractivity contribution in [3.63, 3.8) is 0 Å². The number of benzene rings is 1. The number of likely N-dealkylation sites (tertiary alicyclic amines) is 1. The molecule has 5 heteroatoms. The van der Waals surface area contributed by atoms with E-state index in [1.54, 1.807) is 14.0 Å². The fourth-order valence-corrected chi connectivity index (χ4v) is 3.99. The zero-order valence-electron chi connectivity index (χ0n) is 15.5. The van der Waals surface area contributed by atoms with Crippen LogP contribution >= 0.6 is 0 Å². The highest BCUT2D eigenvalue weighted by Crippen LogP contribution is 2.35. The van der Waals surface area contributed by atoms with Gasteiger partial charge < -0.3 is 14.5 Å². The number of piperidine rings is 1. The average molecular weight is 344 g/mol. The van der Waals surface area contributed by atoms with E-state index in [0.29, 0.717) is 19.0 Å². The van der Waals surface area contributed by atoms with Crippen LogP contribution in [0.2, 0.25) is 0 Å². The monoisotopic (exact) mass is 344 g/mol. The first-order chi connectivity index (χ1) is 12.0. The molecule has 2 aliphatic rings. The Labute approximate surface area is 149 Å². The quantitative estimate of drug-likeness (QED) is 0.847. The van der Waals surface area contributed by atoms with E-state index in [9.17, 15) is 9.59 Å². The van der Waals surface area contributed by atoms with Gasteiger partial charge >= 0.3 is 0 Å². The van der Waals surface area contributed by atoms with Crippen LogP contribution in [0.25, 0.3) is 0 Å². The molecule has 0 radical (unpaired) electrons. The number of amides is 2.